The average Bonchev–Trinajstić information content (AvgIpc) is 2.65. The van der Waals surface area contributed by atoms with Gasteiger partial charge >= 0.3 is 11.9 Å². The van der Waals surface area contributed by atoms with Crippen molar-refractivity contribution >= 4 is 11.9 Å². The molecule has 6 heteroatoms. The topological polar surface area (TPSA) is 81.3 Å². The molecule has 0 amide bonds. The molecule has 0 radical (unpaired) electrons. The molecule has 6 nitrogen and oxygen atoms in total. The van der Waals surface area contributed by atoms with Crippen LogP contribution in [0.3, 0.4) is 0 Å². The number of aromatic nitrogens is 2. The van der Waals surface area contributed by atoms with Gasteiger partial charge in [-0.1, -0.05) is 0 Å². The van der Waals surface area contributed by atoms with E-state index in [0.717, 1.165) is 0 Å². The third-order valence-corrected chi connectivity index (χ3v) is 1.50. The number of esters is 2. The van der Waals surface area contributed by atoms with Crippen LogP contribution in [0.15, 0.2) is 6.33 Å². The van der Waals surface area contributed by atoms with Gasteiger partial charge in [0.25, 0.3) is 0 Å². The monoisotopic (exact) mass is 198 g/mol. The van der Waals surface area contributed by atoms with Crippen molar-refractivity contribution in [2.45, 2.75) is 6.92 Å². The van der Waals surface area contributed by atoms with Gasteiger partial charge in [0.2, 0.25) is 0 Å². The van der Waals surface area contributed by atoms with Gasteiger partial charge in [-0.2, -0.15) is 0 Å². The molecule has 0 spiro atoms. The lowest BCUT2D eigenvalue weighted by atomic mass is 10.3. The van der Waals surface area contributed by atoms with E-state index in [2.05, 4.69) is 14.7 Å². The summed E-state index contributed by atoms with van der Waals surface area (Å²) < 4.78 is 9.14. The fourth-order valence-electron chi connectivity index (χ4n) is 0.906. The van der Waals surface area contributed by atoms with E-state index in [1.165, 1.54) is 13.4 Å². The first kappa shape index (κ1) is 10.2. The zero-order valence-electron chi connectivity index (χ0n) is 7.86. The van der Waals surface area contributed by atoms with Crippen LogP contribution in [-0.4, -0.2) is 35.6 Å². The van der Waals surface area contributed by atoms with Gasteiger partial charge in [0, 0.05) is 0 Å². The van der Waals surface area contributed by atoms with E-state index in [0.29, 0.717) is 0 Å². The van der Waals surface area contributed by atoms with Crippen LogP contribution in [0.5, 0.6) is 0 Å². The Balaban J connectivity index is 2.92. The molecule has 1 N–H and O–H groups in total. The first-order valence-electron chi connectivity index (χ1n) is 3.99. The number of nitrogens with zero attached hydrogens (tertiary/aromatic N) is 1. The molecule has 0 fully saturated rings. The van der Waals surface area contributed by atoms with Crippen molar-refractivity contribution in [3.05, 3.63) is 17.7 Å². The fraction of sp³-hybridized carbons (Fsp3) is 0.375. The molecule has 0 aromatic carbocycles. The third kappa shape index (κ3) is 1.90. The predicted molar refractivity (Wildman–Crippen MR) is 45.9 cm³/mol. The summed E-state index contributed by atoms with van der Waals surface area (Å²) in [5.41, 5.74) is -0.0512. The number of hydrogen-bond acceptors (Lipinski definition) is 5. The number of aromatic amines is 1. The summed E-state index contributed by atoms with van der Waals surface area (Å²) in [5, 5.41) is 0. The fourth-order valence-corrected chi connectivity index (χ4v) is 0.906. The lowest BCUT2D eigenvalue weighted by molar-refractivity contribution is 0.0497. The molecule has 76 valence electrons. The maximum atomic E-state index is 11.2. The van der Waals surface area contributed by atoms with Crippen molar-refractivity contribution in [3.8, 4) is 0 Å². The molecule has 1 rings (SSSR count). The molecule has 0 unspecified atom stereocenters. The number of carbonyl (C=O) groups is 2. The van der Waals surface area contributed by atoms with E-state index < -0.39 is 11.9 Å². The lowest BCUT2D eigenvalue weighted by Gasteiger charge is -2.00. The van der Waals surface area contributed by atoms with E-state index in [4.69, 9.17) is 4.74 Å². The molecule has 1 aromatic rings. The Morgan fingerprint density at radius 3 is 2.79 bits per heavy atom. The number of carbonyl (C=O) groups excluding carboxylic acids is 2. The number of methoxy groups -OCH3 is 1. The van der Waals surface area contributed by atoms with Gasteiger partial charge in [0.15, 0.2) is 11.4 Å². The van der Waals surface area contributed by atoms with Gasteiger partial charge in [-0.05, 0) is 6.92 Å². The summed E-state index contributed by atoms with van der Waals surface area (Å²) >= 11 is 0. The van der Waals surface area contributed by atoms with Crippen LogP contribution in [0, 0.1) is 0 Å². The Labute approximate surface area is 80.2 Å². The number of H-pyrrole nitrogens is 1. The highest BCUT2D eigenvalue weighted by atomic mass is 16.5. The number of nitrogens with one attached hydrogen (secondary N) is 1. The molecule has 0 saturated heterocycles. The molecule has 1 aromatic heterocycles. The van der Waals surface area contributed by atoms with Gasteiger partial charge in [-0.25, -0.2) is 14.6 Å². The van der Waals surface area contributed by atoms with Crippen LogP contribution in [0.2, 0.25) is 0 Å². The SMILES string of the molecule is CCOC(=O)c1nc[nH]c1C(=O)OC. The molecule has 1 heterocycles. The number of imidazole rings is 1. The Morgan fingerprint density at radius 2 is 2.21 bits per heavy atom. The maximum Gasteiger partial charge on any atom is 0.359 e. The molecular formula is C8H10N2O4. The van der Waals surface area contributed by atoms with Crippen molar-refractivity contribution in [1.29, 1.82) is 0 Å². The van der Waals surface area contributed by atoms with Crippen LogP contribution in [0.4, 0.5) is 0 Å². The summed E-state index contributed by atoms with van der Waals surface area (Å²) in [6, 6.07) is 0. The zero-order valence-corrected chi connectivity index (χ0v) is 7.86. The quantitative estimate of drug-likeness (QED) is 0.709. The second-order valence-electron chi connectivity index (χ2n) is 2.34. The van der Waals surface area contributed by atoms with Crippen molar-refractivity contribution in [2.75, 3.05) is 13.7 Å². The zero-order chi connectivity index (χ0) is 10.6. The van der Waals surface area contributed by atoms with Crippen molar-refractivity contribution < 1.29 is 19.1 Å². The van der Waals surface area contributed by atoms with Crippen LogP contribution in [-0.2, 0) is 9.47 Å². The summed E-state index contributed by atoms with van der Waals surface area (Å²) in [6.07, 6.45) is 1.23. The summed E-state index contributed by atoms with van der Waals surface area (Å²) in [7, 11) is 1.22. The van der Waals surface area contributed by atoms with Gasteiger partial charge in [0.05, 0.1) is 20.0 Å². The first-order valence-corrected chi connectivity index (χ1v) is 3.99. The van der Waals surface area contributed by atoms with E-state index in [1.807, 2.05) is 0 Å². The number of rotatable bonds is 3. The largest absolute Gasteiger partial charge is 0.464 e. The maximum absolute atomic E-state index is 11.2. The average molecular weight is 198 g/mol. The molecule has 0 aliphatic heterocycles. The highest BCUT2D eigenvalue weighted by Crippen LogP contribution is 2.05. The lowest BCUT2D eigenvalue weighted by Crippen LogP contribution is -2.12. The van der Waals surface area contributed by atoms with Crippen molar-refractivity contribution in [3.63, 3.8) is 0 Å². The molecule has 0 aliphatic carbocycles. The minimum Gasteiger partial charge on any atom is -0.464 e. The normalized spacial score (nSPS) is 9.57. The van der Waals surface area contributed by atoms with Crippen molar-refractivity contribution in [2.24, 2.45) is 0 Å². The predicted octanol–water partition coefficient (Wildman–Crippen LogP) is 0.373. The van der Waals surface area contributed by atoms with Crippen LogP contribution < -0.4 is 0 Å². The molecule has 0 saturated carbocycles. The minimum atomic E-state index is -0.648. The molecular weight excluding hydrogens is 188 g/mol. The Morgan fingerprint density at radius 1 is 1.50 bits per heavy atom. The first-order chi connectivity index (χ1) is 6.70. The second-order valence-corrected chi connectivity index (χ2v) is 2.34. The van der Waals surface area contributed by atoms with Gasteiger partial charge in [0.1, 0.15) is 0 Å². The molecule has 0 atom stereocenters. The highest BCUT2D eigenvalue weighted by Gasteiger charge is 2.21. The summed E-state index contributed by atoms with van der Waals surface area (Å²) in [5.74, 6) is -1.29. The Hall–Kier alpha value is -1.85. The highest BCUT2D eigenvalue weighted by molar-refractivity contribution is 6.00. The number of hydrogen-bond donors (Lipinski definition) is 1. The van der Waals surface area contributed by atoms with E-state index >= 15 is 0 Å². The molecule has 0 aliphatic rings. The van der Waals surface area contributed by atoms with E-state index in [-0.39, 0.29) is 18.0 Å². The van der Waals surface area contributed by atoms with E-state index in [1.54, 1.807) is 6.92 Å². The van der Waals surface area contributed by atoms with Crippen LogP contribution in [0.1, 0.15) is 27.9 Å². The van der Waals surface area contributed by atoms with Gasteiger partial charge in [-0.15, -0.1) is 0 Å². The standard InChI is InChI=1S/C8H10N2O4/c1-3-14-8(12)6-5(7(11)13-2)9-4-10-6/h4H,3H2,1-2H3,(H,9,10). The smallest absolute Gasteiger partial charge is 0.359 e. The van der Waals surface area contributed by atoms with Crippen LogP contribution >= 0.6 is 0 Å². The van der Waals surface area contributed by atoms with Crippen LogP contribution in [0.25, 0.3) is 0 Å². The molecule has 0 bridgehead atoms. The van der Waals surface area contributed by atoms with Gasteiger partial charge < -0.3 is 14.5 Å². The van der Waals surface area contributed by atoms with E-state index in [9.17, 15) is 9.59 Å². The van der Waals surface area contributed by atoms with Crippen molar-refractivity contribution in [1.82, 2.24) is 9.97 Å². The summed E-state index contributed by atoms with van der Waals surface area (Å²) in [4.78, 5) is 28.5. The Bertz CT molecular complexity index is 345. The third-order valence-electron chi connectivity index (χ3n) is 1.50. The minimum absolute atomic E-state index is 0.00551. The van der Waals surface area contributed by atoms with Gasteiger partial charge in [-0.3, -0.25) is 0 Å². The molecule has 14 heavy (non-hydrogen) atoms. The number of ether oxygens (including phenoxy) is 2. The Kier molecular flexibility index (Phi) is 3.22. The second kappa shape index (κ2) is 4.40. The summed E-state index contributed by atoms with van der Waals surface area (Å²) in [6.45, 7) is 1.90.